The Kier molecular flexibility index (Phi) is 8.63. The molecular formula is C20H25N7Ti. The molecule has 0 spiro atoms. The summed E-state index contributed by atoms with van der Waals surface area (Å²) in [5.41, 5.74) is 3.24. The van der Waals surface area contributed by atoms with Gasteiger partial charge in [-0.2, -0.15) is 18.6 Å². The van der Waals surface area contributed by atoms with Crippen LogP contribution in [-0.2, 0) is 41.4 Å². The van der Waals surface area contributed by atoms with Gasteiger partial charge < -0.3 is 30.2 Å². The van der Waals surface area contributed by atoms with Crippen molar-refractivity contribution >= 4 is 5.96 Å². The molecule has 144 valence electrons. The maximum atomic E-state index is 9.03. The van der Waals surface area contributed by atoms with E-state index < -0.39 is 0 Å². The Morgan fingerprint density at radius 2 is 1.14 bits per heavy atom. The number of rotatable bonds is 6. The first kappa shape index (κ1) is 22.1. The van der Waals surface area contributed by atoms with Gasteiger partial charge in [0.05, 0.1) is 0 Å². The zero-order valence-electron chi connectivity index (χ0n) is 16.4. The van der Waals surface area contributed by atoms with Gasteiger partial charge in [0, 0.05) is 25.6 Å². The molecule has 4 rings (SSSR count). The SMILES string of the molecule is CN1CCN(C)C1=[N-].[Ti+4].c1c[n-]c(CN(Cc2ccc[n-]2)Cc2ccc[n-]2)c1. The Morgan fingerprint density at radius 3 is 1.36 bits per heavy atom. The molecule has 0 unspecified atom stereocenters. The molecule has 7 nitrogen and oxygen atoms in total. The Balaban J connectivity index is 0.000000264. The van der Waals surface area contributed by atoms with Crippen molar-refractivity contribution in [2.24, 2.45) is 0 Å². The Hall–Kier alpha value is -2.22. The zero-order valence-corrected chi connectivity index (χ0v) is 17.9. The van der Waals surface area contributed by atoms with Crippen LogP contribution in [0.5, 0.6) is 0 Å². The fourth-order valence-corrected chi connectivity index (χ4v) is 2.93. The predicted octanol–water partition coefficient (Wildman–Crippen LogP) is 1.55. The van der Waals surface area contributed by atoms with Crippen molar-refractivity contribution < 1.29 is 21.7 Å². The number of hydrogen-bond acceptors (Lipinski definition) is 1. The molecule has 0 radical (unpaired) electrons. The van der Waals surface area contributed by atoms with Gasteiger partial charge in [-0.3, -0.25) is 4.90 Å². The molecule has 0 aromatic carbocycles. The molecule has 3 aromatic heterocycles. The van der Waals surface area contributed by atoms with Gasteiger partial charge >= 0.3 is 21.7 Å². The number of hydrogen-bond donors (Lipinski definition) is 0. The fourth-order valence-electron chi connectivity index (χ4n) is 2.93. The van der Waals surface area contributed by atoms with E-state index in [0.717, 1.165) is 49.8 Å². The molecular weight excluding hydrogens is 386 g/mol. The van der Waals surface area contributed by atoms with Gasteiger partial charge in [0.1, 0.15) is 0 Å². The summed E-state index contributed by atoms with van der Waals surface area (Å²) in [6, 6.07) is 12.0. The fraction of sp³-hybridized carbons (Fsp3) is 0.350. The summed E-state index contributed by atoms with van der Waals surface area (Å²) in [4.78, 5) is 18.9. The summed E-state index contributed by atoms with van der Waals surface area (Å²) < 4.78 is 0. The van der Waals surface area contributed by atoms with Gasteiger partial charge in [0.25, 0.3) is 0 Å². The summed E-state index contributed by atoms with van der Waals surface area (Å²) in [5, 5.41) is 9.03. The smallest absolute Gasteiger partial charge is 0.667 e. The van der Waals surface area contributed by atoms with E-state index in [1.165, 1.54) is 0 Å². The number of aromatic nitrogens is 3. The van der Waals surface area contributed by atoms with Crippen LogP contribution in [0.3, 0.4) is 0 Å². The van der Waals surface area contributed by atoms with Crippen LogP contribution >= 0.6 is 0 Å². The second-order valence-electron chi connectivity index (χ2n) is 6.67. The van der Waals surface area contributed by atoms with Gasteiger partial charge in [-0.15, -0.1) is 17.1 Å². The van der Waals surface area contributed by atoms with E-state index in [0.29, 0.717) is 5.96 Å². The monoisotopic (exact) mass is 411 g/mol. The van der Waals surface area contributed by atoms with Crippen molar-refractivity contribution in [3.63, 3.8) is 0 Å². The Bertz CT molecular complexity index is 683. The molecule has 8 heteroatoms. The molecule has 1 saturated heterocycles. The molecule has 28 heavy (non-hydrogen) atoms. The molecule has 1 aliphatic heterocycles. The van der Waals surface area contributed by atoms with Crippen molar-refractivity contribution in [1.82, 2.24) is 29.7 Å². The average Bonchev–Trinajstić information content (AvgIpc) is 3.44. The summed E-state index contributed by atoms with van der Waals surface area (Å²) in [7, 11) is 3.75. The summed E-state index contributed by atoms with van der Waals surface area (Å²) >= 11 is 0. The van der Waals surface area contributed by atoms with Crippen LogP contribution < -0.4 is 15.0 Å². The molecule has 1 aliphatic rings. The minimum Gasteiger partial charge on any atom is -0.667 e. The summed E-state index contributed by atoms with van der Waals surface area (Å²) in [6.07, 6.45) is 5.49. The molecule has 3 aromatic rings. The van der Waals surface area contributed by atoms with E-state index in [4.69, 9.17) is 5.41 Å². The minimum absolute atomic E-state index is 0. The van der Waals surface area contributed by atoms with E-state index in [2.05, 4.69) is 19.9 Å². The Morgan fingerprint density at radius 1 is 0.786 bits per heavy atom. The zero-order chi connectivity index (χ0) is 19.1. The van der Waals surface area contributed by atoms with Crippen molar-refractivity contribution in [3.05, 3.63) is 77.5 Å². The van der Waals surface area contributed by atoms with Gasteiger partial charge in [-0.05, 0) is 27.2 Å². The van der Waals surface area contributed by atoms with Gasteiger partial charge in [0.2, 0.25) is 0 Å². The van der Waals surface area contributed by atoms with Crippen LogP contribution in [0.1, 0.15) is 17.1 Å². The van der Waals surface area contributed by atoms with Gasteiger partial charge in [-0.25, -0.2) is 0 Å². The molecule has 0 bridgehead atoms. The van der Waals surface area contributed by atoms with Crippen LogP contribution in [-0.4, -0.2) is 47.8 Å². The molecule has 1 fully saturated rings. The standard InChI is InChI=1S/C15H15N4.C5H10N3.Ti/c1-4-13(16-7-1)10-19(11-14-5-2-8-17-14)12-15-6-3-9-18-15;1-7-3-4-8(2)5(7)6;/h1-9H,10-12H2;3-4H2,1-2H3;/q-3;-1;+4. The average molecular weight is 411 g/mol. The first-order valence-electron chi connectivity index (χ1n) is 9.02. The van der Waals surface area contributed by atoms with E-state index in [9.17, 15) is 0 Å². The van der Waals surface area contributed by atoms with Crippen LogP contribution in [0.25, 0.3) is 5.41 Å². The molecule has 0 N–H and O–H groups in total. The first-order chi connectivity index (χ1) is 13.1. The normalized spacial score (nSPS) is 13.5. The first-order valence-corrected chi connectivity index (χ1v) is 9.02. The van der Waals surface area contributed by atoms with Crippen LogP contribution in [0.2, 0.25) is 0 Å². The predicted molar refractivity (Wildman–Crippen MR) is 106 cm³/mol. The van der Waals surface area contributed by atoms with Crippen molar-refractivity contribution in [3.8, 4) is 0 Å². The van der Waals surface area contributed by atoms with E-state index >= 15 is 0 Å². The maximum absolute atomic E-state index is 9.03. The molecule has 0 amide bonds. The number of nitrogens with zero attached hydrogens (tertiary/aromatic N) is 7. The summed E-state index contributed by atoms with van der Waals surface area (Å²) in [5.74, 6) is 0.380. The van der Waals surface area contributed by atoms with Crippen LogP contribution in [0, 0.1) is 0 Å². The van der Waals surface area contributed by atoms with Crippen molar-refractivity contribution in [2.45, 2.75) is 19.6 Å². The largest absolute Gasteiger partial charge is 4.00 e. The van der Waals surface area contributed by atoms with E-state index in [1.54, 1.807) is 0 Å². The third kappa shape index (κ3) is 6.44. The van der Waals surface area contributed by atoms with Crippen LogP contribution in [0.4, 0.5) is 0 Å². The maximum Gasteiger partial charge on any atom is 4.00 e. The van der Waals surface area contributed by atoms with Gasteiger partial charge in [0.15, 0.2) is 0 Å². The second-order valence-corrected chi connectivity index (χ2v) is 6.67. The molecule has 0 saturated carbocycles. The van der Waals surface area contributed by atoms with Gasteiger partial charge in [-0.1, -0.05) is 36.4 Å². The van der Waals surface area contributed by atoms with Crippen LogP contribution in [0.15, 0.2) is 55.0 Å². The Labute approximate surface area is 181 Å². The molecule has 4 heterocycles. The van der Waals surface area contributed by atoms with Crippen molar-refractivity contribution in [1.29, 1.82) is 0 Å². The van der Waals surface area contributed by atoms with Crippen molar-refractivity contribution in [2.75, 3.05) is 27.2 Å². The molecule has 0 atom stereocenters. The van der Waals surface area contributed by atoms with E-state index in [1.807, 2.05) is 78.9 Å². The quantitative estimate of drug-likeness (QED) is 0.573. The van der Waals surface area contributed by atoms with E-state index in [-0.39, 0.29) is 21.7 Å². The topological polar surface area (TPSA) is 74.3 Å². The molecule has 0 aliphatic carbocycles. The summed E-state index contributed by atoms with van der Waals surface area (Å²) in [6.45, 7) is 4.30. The number of likely N-dealkylation sites (N-methyl/N-ethyl adjacent to an activating group) is 2. The second kappa shape index (κ2) is 10.9. The minimum atomic E-state index is 0. The third-order valence-corrected chi connectivity index (χ3v) is 4.46. The number of guanidine groups is 1. The third-order valence-electron chi connectivity index (χ3n) is 4.46.